The van der Waals surface area contributed by atoms with E-state index in [1.165, 1.54) is 11.6 Å². The highest BCUT2D eigenvalue weighted by molar-refractivity contribution is 5.87. The molecule has 7 nitrogen and oxygen atoms in total. The number of H-pyrrole nitrogens is 1. The van der Waals surface area contributed by atoms with E-state index < -0.39 is 0 Å². The minimum atomic E-state index is -0.239. The highest BCUT2D eigenvalue weighted by Gasteiger charge is 2.14. The van der Waals surface area contributed by atoms with Crippen LogP contribution in [0.25, 0.3) is 10.9 Å². The number of hydrogen-bond acceptors (Lipinski definition) is 5. The van der Waals surface area contributed by atoms with Gasteiger partial charge < -0.3 is 25.5 Å². The number of ether oxygens (including phenoxy) is 1. The van der Waals surface area contributed by atoms with Crippen molar-refractivity contribution in [2.24, 2.45) is 0 Å². The van der Waals surface area contributed by atoms with Gasteiger partial charge in [-0.05, 0) is 49.1 Å². The Balaban J connectivity index is 1.35. The molecule has 1 atom stereocenters. The van der Waals surface area contributed by atoms with Gasteiger partial charge >= 0.3 is 0 Å². The predicted octanol–water partition coefficient (Wildman–Crippen LogP) is 3.69. The quantitative estimate of drug-likeness (QED) is 0.249. The highest BCUT2D eigenvalue weighted by Crippen LogP contribution is 2.24. The van der Waals surface area contributed by atoms with E-state index in [1.807, 2.05) is 24.3 Å². The van der Waals surface area contributed by atoms with Crippen LogP contribution in [-0.4, -0.2) is 48.3 Å². The molecule has 1 aromatic heterocycles. The number of phenolic OH excluding ortho intramolecular Hbond substituents is 1. The van der Waals surface area contributed by atoms with Crippen molar-refractivity contribution in [3.8, 4) is 5.75 Å². The number of pyridine rings is 1. The second kappa shape index (κ2) is 14.3. The molecule has 1 unspecified atom stereocenters. The molecular formula is C28H37N3O4. The lowest BCUT2D eigenvalue weighted by molar-refractivity contribution is -0.124. The van der Waals surface area contributed by atoms with E-state index in [9.17, 15) is 14.7 Å². The van der Waals surface area contributed by atoms with Gasteiger partial charge in [0.15, 0.2) is 0 Å². The van der Waals surface area contributed by atoms with Gasteiger partial charge in [0.2, 0.25) is 11.5 Å². The highest BCUT2D eigenvalue weighted by atomic mass is 16.5. The Morgan fingerprint density at radius 1 is 1.03 bits per heavy atom. The molecule has 1 amide bonds. The topological polar surface area (TPSA) is 103 Å². The number of hydrogen-bond donors (Lipinski definition) is 4. The van der Waals surface area contributed by atoms with Crippen LogP contribution in [0.5, 0.6) is 5.75 Å². The standard InChI is InChI=1S/C28H37N3O4/c1-2-3-9-23(35-19-15-21-7-5-4-6-8-21)20-27(34)30-18-17-29-16-14-22-10-12-25(32)28-24(22)11-13-26(33)31-28/h4-8,10-13,23,29,32H,2-3,9,14-20H2,1H3,(H,30,34)(H,31,33). The molecule has 0 saturated heterocycles. The number of carbonyl (C=O) groups excluding carboxylic acids is 1. The van der Waals surface area contributed by atoms with Gasteiger partial charge in [0, 0.05) is 24.5 Å². The Morgan fingerprint density at radius 2 is 1.86 bits per heavy atom. The van der Waals surface area contributed by atoms with E-state index in [0.29, 0.717) is 31.6 Å². The summed E-state index contributed by atoms with van der Waals surface area (Å²) >= 11 is 0. The third-order valence-corrected chi connectivity index (χ3v) is 6.04. The second-order valence-electron chi connectivity index (χ2n) is 8.78. The first-order valence-corrected chi connectivity index (χ1v) is 12.5. The Bertz CT molecular complexity index is 1110. The smallest absolute Gasteiger partial charge is 0.248 e. The molecule has 3 rings (SSSR count). The first kappa shape index (κ1) is 26.4. The summed E-state index contributed by atoms with van der Waals surface area (Å²) in [6.07, 6.45) is 4.93. The third-order valence-electron chi connectivity index (χ3n) is 6.04. The van der Waals surface area contributed by atoms with Crippen molar-refractivity contribution >= 4 is 16.8 Å². The number of unbranched alkanes of at least 4 members (excludes halogenated alkanes) is 1. The number of aromatic nitrogens is 1. The summed E-state index contributed by atoms with van der Waals surface area (Å²) in [5.41, 5.74) is 2.51. The minimum Gasteiger partial charge on any atom is -0.506 e. The van der Waals surface area contributed by atoms with Crippen LogP contribution in [0.1, 0.15) is 43.7 Å². The fourth-order valence-corrected chi connectivity index (χ4v) is 4.10. The van der Waals surface area contributed by atoms with Crippen molar-refractivity contribution < 1.29 is 14.6 Å². The van der Waals surface area contributed by atoms with Gasteiger partial charge in [-0.2, -0.15) is 0 Å². The van der Waals surface area contributed by atoms with E-state index >= 15 is 0 Å². The summed E-state index contributed by atoms with van der Waals surface area (Å²) in [6, 6.07) is 16.9. The number of benzene rings is 2. The SMILES string of the molecule is CCCCC(CC(=O)NCCNCCc1ccc(O)c2[nH]c(=O)ccc12)OCCc1ccccc1. The molecule has 2 aromatic carbocycles. The molecule has 188 valence electrons. The molecule has 0 bridgehead atoms. The van der Waals surface area contributed by atoms with Gasteiger partial charge in [0.1, 0.15) is 5.75 Å². The van der Waals surface area contributed by atoms with Gasteiger partial charge in [-0.1, -0.05) is 56.2 Å². The summed E-state index contributed by atoms with van der Waals surface area (Å²) in [7, 11) is 0. The van der Waals surface area contributed by atoms with Crippen LogP contribution in [0.3, 0.4) is 0 Å². The van der Waals surface area contributed by atoms with Crippen molar-refractivity contribution in [3.05, 3.63) is 76.1 Å². The molecule has 0 aliphatic rings. The molecule has 0 spiro atoms. The Morgan fingerprint density at radius 3 is 2.66 bits per heavy atom. The van der Waals surface area contributed by atoms with Crippen molar-refractivity contribution in [1.82, 2.24) is 15.6 Å². The van der Waals surface area contributed by atoms with Crippen molar-refractivity contribution in [2.75, 3.05) is 26.2 Å². The number of nitrogens with one attached hydrogen (secondary N) is 3. The van der Waals surface area contributed by atoms with E-state index in [4.69, 9.17) is 4.74 Å². The maximum Gasteiger partial charge on any atom is 0.248 e. The molecule has 4 N–H and O–H groups in total. The zero-order valence-electron chi connectivity index (χ0n) is 20.5. The van der Waals surface area contributed by atoms with Crippen LogP contribution in [0.15, 0.2) is 59.4 Å². The zero-order valence-corrected chi connectivity index (χ0v) is 20.5. The number of fused-ring (bicyclic) bond motifs is 1. The average Bonchev–Trinajstić information content (AvgIpc) is 2.86. The molecule has 35 heavy (non-hydrogen) atoms. The monoisotopic (exact) mass is 479 g/mol. The molecule has 0 aliphatic heterocycles. The molecule has 0 saturated carbocycles. The average molecular weight is 480 g/mol. The minimum absolute atomic E-state index is 0.0149. The molecular weight excluding hydrogens is 442 g/mol. The largest absolute Gasteiger partial charge is 0.506 e. The lowest BCUT2D eigenvalue weighted by Gasteiger charge is -2.18. The summed E-state index contributed by atoms with van der Waals surface area (Å²) in [6.45, 7) is 4.69. The van der Waals surface area contributed by atoms with E-state index in [2.05, 4.69) is 34.7 Å². The van der Waals surface area contributed by atoms with Crippen molar-refractivity contribution in [3.63, 3.8) is 0 Å². The summed E-state index contributed by atoms with van der Waals surface area (Å²) in [5, 5.41) is 17.2. The van der Waals surface area contributed by atoms with Crippen LogP contribution >= 0.6 is 0 Å². The molecule has 0 aliphatic carbocycles. The third kappa shape index (κ3) is 8.85. The fourth-order valence-electron chi connectivity index (χ4n) is 4.10. The maximum absolute atomic E-state index is 12.4. The Labute approximate surface area is 206 Å². The van der Waals surface area contributed by atoms with Gasteiger partial charge in [-0.3, -0.25) is 9.59 Å². The Kier molecular flexibility index (Phi) is 10.8. The first-order chi connectivity index (χ1) is 17.1. The normalized spacial score (nSPS) is 12.0. The first-order valence-electron chi connectivity index (χ1n) is 12.5. The van der Waals surface area contributed by atoms with Crippen molar-refractivity contribution in [1.29, 1.82) is 0 Å². The molecule has 0 radical (unpaired) electrons. The van der Waals surface area contributed by atoms with Crippen LogP contribution in [-0.2, 0) is 22.4 Å². The van der Waals surface area contributed by atoms with Crippen LogP contribution in [0.4, 0.5) is 0 Å². The molecule has 1 heterocycles. The van der Waals surface area contributed by atoms with E-state index in [0.717, 1.165) is 49.6 Å². The number of phenols is 1. The number of rotatable bonds is 15. The molecule has 0 fully saturated rings. The van der Waals surface area contributed by atoms with Crippen LogP contribution in [0.2, 0.25) is 0 Å². The van der Waals surface area contributed by atoms with Crippen LogP contribution in [0, 0.1) is 0 Å². The lowest BCUT2D eigenvalue weighted by atomic mass is 10.0. The fraction of sp³-hybridized carbons (Fsp3) is 0.429. The zero-order chi connectivity index (χ0) is 24.9. The van der Waals surface area contributed by atoms with Gasteiger partial charge in [0.25, 0.3) is 0 Å². The molecule has 3 aromatic rings. The second-order valence-corrected chi connectivity index (χ2v) is 8.78. The summed E-state index contributed by atoms with van der Waals surface area (Å²) in [5.74, 6) is 0.0829. The van der Waals surface area contributed by atoms with Gasteiger partial charge in [0.05, 0.1) is 24.6 Å². The number of aromatic amines is 1. The number of amides is 1. The Hall–Kier alpha value is -3.16. The summed E-state index contributed by atoms with van der Waals surface area (Å²) in [4.78, 5) is 26.7. The van der Waals surface area contributed by atoms with Gasteiger partial charge in [-0.25, -0.2) is 0 Å². The number of carbonyl (C=O) groups is 1. The summed E-state index contributed by atoms with van der Waals surface area (Å²) < 4.78 is 6.05. The number of aromatic hydroxyl groups is 1. The van der Waals surface area contributed by atoms with Crippen LogP contribution < -0.4 is 16.2 Å². The van der Waals surface area contributed by atoms with E-state index in [-0.39, 0.29) is 23.3 Å². The van der Waals surface area contributed by atoms with Crippen molar-refractivity contribution in [2.45, 2.75) is 51.6 Å². The lowest BCUT2D eigenvalue weighted by Crippen LogP contribution is -2.34. The maximum atomic E-state index is 12.4. The van der Waals surface area contributed by atoms with E-state index in [1.54, 1.807) is 12.1 Å². The molecule has 7 heteroatoms. The van der Waals surface area contributed by atoms with Gasteiger partial charge in [-0.15, -0.1) is 0 Å². The predicted molar refractivity (Wildman–Crippen MR) is 140 cm³/mol.